The molecule has 120 valence electrons. The van der Waals surface area contributed by atoms with Crippen molar-refractivity contribution in [3.05, 3.63) is 83.4 Å². The van der Waals surface area contributed by atoms with Crippen LogP contribution in [0.15, 0.2) is 72.8 Å². The van der Waals surface area contributed by atoms with Gasteiger partial charge in [0.05, 0.1) is 11.2 Å². The van der Waals surface area contributed by atoms with Crippen molar-refractivity contribution in [1.29, 1.82) is 0 Å². The average molecular weight is 344 g/mol. The van der Waals surface area contributed by atoms with Crippen molar-refractivity contribution in [2.75, 3.05) is 0 Å². The number of benzene rings is 3. The van der Waals surface area contributed by atoms with Crippen molar-refractivity contribution in [1.82, 2.24) is 4.57 Å². The SMILES string of the molecule is Bc1ccc2c(c1)OC(c1ccccc1)n1c-2cc2cc(Cl)ccc21. The Labute approximate surface area is 152 Å². The van der Waals surface area contributed by atoms with Crippen LogP contribution in [0.5, 0.6) is 5.75 Å². The van der Waals surface area contributed by atoms with E-state index in [0.717, 1.165) is 38.5 Å². The molecule has 0 saturated heterocycles. The molecule has 5 rings (SSSR count). The van der Waals surface area contributed by atoms with E-state index in [2.05, 4.69) is 54.9 Å². The molecule has 1 aromatic heterocycles. The fourth-order valence-electron chi connectivity index (χ4n) is 3.61. The van der Waals surface area contributed by atoms with E-state index in [0.29, 0.717) is 0 Å². The molecule has 4 heteroatoms. The second-order valence-corrected chi connectivity index (χ2v) is 6.92. The number of nitrogens with zero attached hydrogens (tertiary/aromatic N) is 1. The van der Waals surface area contributed by atoms with Gasteiger partial charge in [-0.3, -0.25) is 0 Å². The highest BCUT2D eigenvalue weighted by molar-refractivity contribution is 6.32. The number of hydrogen-bond donors (Lipinski definition) is 0. The van der Waals surface area contributed by atoms with E-state index < -0.39 is 0 Å². The maximum absolute atomic E-state index is 6.45. The zero-order valence-corrected chi connectivity index (χ0v) is 14.5. The number of hydrogen-bond acceptors (Lipinski definition) is 1. The van der Waals surface area contributed by atoms with Gasteiger partial charge in [0, 0.05) is 21.5 Å². The van der Waals surface area contributed by atoms with Crippen molar-refractivity contribution in [2.45, 2.75) is 6.23 Å². The van der Waals surface area contributed by atoms with Crippen molar-refractivity contribution in [3.8, 4) is 17.0 Å². The molecule has 0 spiro atoms. The molecule has 1 atom stereocenters. The van der Waals surface area contributed by atoms with Crippen LogP contribution in [-0.4, -0.2) is 12.4 Å². The summed E-state index contributed by atoms with van der Waals surface area (Å²) in [5.74, 6) is 0.926. The molecule has 4 aromatic rings. The first-order valence-corrected chi connectivity index (χ1v) is 8.71. The minimum Gasteiger partial charge on any atom is -0.465 e. The summed E-state index contributed by atoms with van der Waals surface area (Å²) in [5, 5.41) is 1.87. The highest BCUT2D eigenvalue weighted by atomic mass is 35.5. The maximum atomic E-state index is 6.45. The van der Waals surface area contributed by atoms with Gasteiger partial charge in [-0.15, -0.1) is 0 Å². The number of halogens is 1. The molecule has 1 unspecified atom stereocenters. The average Bonchev–Trinajstić information content (AvgIpc) is 3.00. The molecule has 0 N–H and O–H groups in total. The van der Waals surface area contributed by atoms with Crippen LogP contribution in [0.25, 0.3) is 22.2 Å². The van der Waals surface area contributed by atoms with E-state index in [1.165, 1.54) is 5.46 Å². The van der Waals surface area contributed by atoms with Crippen LogP contribution in [0, 0.1) is 0 Å². The smallest absolute Gasteiger partial charge is 0.203 e. The van der Waals surface area contributed by atoms with Gasteiger partial charge in [0.25, 0.3) is 0 Å². The Balaban J connectivity index is 1.84. The van der Waals surface area contributed by atoms with Crippen LogP contribution in [0.1, 0.15) is 11.8 Å². The summed E-state index contributed by atoms with van der Waals surface area (Å²) in [6, 6.07) is 24.9. The second kappa shape index (κ2) is 5.43. The molecule has 1 aliphatic heterocycles. The van der Waals surface area contributed by atoms with Gasteiger partial charge in [-0.25, -0.2) is 0 Å². The van der Waals surface area contributed by atoms with Crippen LogP contribution >= 0.6 is 11.6 Å². The van der Waals surface area contributed by atoms with Gasteiger partial charge in [0.15, 0.2) is 0 Å². The third-order valence-corrected chi connectivity index (χ3v) is 5.01. The summed E-state index contributed by atoms with van der Waals surface area (Å²) in [4.78, 5) is 0. The zero-order chi connectivity index (χ0) is 17.0. The van der Waals surface area contributed by atoms with Crippen molar-refractivity contribution in [2.24, 2.45) is 0 Å². The van der Waals surface area contributed by atoms with E-state index >= 15 is 0 Å². The monoisotopic (exact) mass is 343 g/mol. The summed E-state index contributed by atoms with van der Waals surface area (Å²) >= 11 is 6.22. The number of aromatic nitrogens is 1. The first-order valence-electron chi connectivity index (χ1n) is 8.34. The number of rotatable bonds is 1. The highest BCUT2D eigenvalue weighted by Crippen LogP contribution is 2.43. The maximum Gasteiger partial charge on any atom is 0.203 e. The summed E-state index contributed by atoms with van der Waals surface area (Å²) in [7, 11) is 2.09. The Bertz CT molecular complexity index is 1100. The highest BCUT2D eigenvalue weighted by Gasteiger charge is 2.28. The van der Waals surface area contributed by atoms with E-state index in [4.69, 9.17) is 16.3 Å². The van der Waals surface area contributed by atoms with Crippen LogP contribution in [0.2, 0.25) is 5.02 Å². The lowest BCUT2D eigenvalue weighted by molar-refractivity contribution is 0.173. The van der Waals surface area contributed by atoms with Gasteiger partial charge in [0.1, 0.15) is 13.6 Å². The Morgan fingerprint density at radius 2 is 1.76 bits per heavy atom. The molecule has 0 radical (unpaired) electrons. The molecule has 25 heavy (non-hydrogen) atoms. The molecule has 1 aliphatic rings. The molecular weight excluding hydrogens is 329 g/mol. The van der Waals surface area contributed by atoms with Gasteiger partial charge in [-0.05, 0) is 36.4 Å². The first-order chi connectivity index (χ1) is 12.2. The molecular formula is C21H15BClNO. The minimum absolute atomic E-state index is 0.191. The molecule has 0 bridgehead atoms. The lowest BCUT2D eigenvalue weighted by Gasteiger charge is -2.30. The second-order valence-electron chi connectivity index (χ2n) is 6.48. The van der Waals surface area contributed by atoms with Crippen molar-refractivity contribution in [3.63, 3.8) is 0 Å². The van der Waals surface area contributed by atoms with E-state index in [9.17, 15) is 0 Å². The van der Waals surface area contributed by atoms with Crippen molar-refractivity contribution >= 4 is 35.8 Å². The molecule has 2 heterocycles. The standard InChI is InChI=1S/C21H15BClNO/c22-15-6-8-17-19-11-14-10-16(23)7-9-18(14)24(19)21(25-20(17)12-15)13-4-2-1-3-5-13/h1-12,21H,22H2. The van der Waals surface area contributed by atoms with Gasteiger partial charge in [-0.2, -0.15) is 0 Å². The first kappa shape index (κ1) is 14.7. The number of fused-ring (bicyclic) bond motifs is 5. The minimum atomic E-state index is -0.191. The van der Waals surface area contributed by atoms with Crippen LogP contribution < -0.4 is 10.2 Å². The van der Waals surface area contributed by atoms with Gasteiger partial charge in [-0.1, -0.05) is 53.5 Å². The van der Waals surface area contributed by atoms with Crippen molar-refractivity contribution < 1.29 is 4.74 Å². The number of ether oxygens (including phenoxy) is 1. The van der Waals surface area contributed by atoms with E-state index in [1.807, 2.05) is 30.3 Å². The quantitative estimate of drug-likeness (QED) is 0.473. The Hall–Kier alpha value is -2.65. The fraction of sp³-hybridized carbons (Fsp3) is 0.0476. The van der Waals surface area contributed by atoms with E-state index in [-0.39, 0.29) is 6.23 Å². The van der Waals surface area contributed by atoms with Crippen LogP contribution in [0.4, 0.5) is 0 Å². The third-order valence-electron chi connectivity index (χ3n) is 4.77. The fourth-order valence-corrected chi connectivity index (χ4v) is 3.79. The zero-order valence-electron chi connectivity index (χ0n) is 13.7. The molecule has 0 saturated carbocycles. The molecule has 0 aliphatic carbocycles. The largest absolute Gasteiger partial charge is 0.465 e. The van der Waals surface area contributed by atoms with Gasteiger partial charge >= 0.3 is 0 Å². The third kappa shape index (κ3) is 2.27. The summed E-state index contributed by atoms with van der Waals surface area (Å²) in [5.41, 5.74) is 5.72. The lowest BCUT2D eigenvalue weighted by atomic mass is 9.93. The molecule has 3 aromatic carbocycles. The predicted octanol–water partition coefficient (Wildman–Crippen LogP) is 4.16. The van der Waals surface area contributed by atoms with Gasteiger partial charge in [0.2, 0.25) is 6.23 Å². The Morgan fingerprint density at radius 3 is 2.60 bits per heavy atom. The summed E-state index contributed by atoms with van der Waals surface area (Å²) in [6.45, 7) is 0. The molecule has 0 fully saturated rings. The van der Waals surface area contributed by atoms with E-state index in [1.54, 1.807) is 0 Å². The van der Waals surface area contributed by atoms with Crippen LogP contribution in [-0.2, 0) is 0 Å². The Morgan fingerprint density at radius 1 is 0.920 bits per heavy atom. The lowest BCUT2D eigenvalue weighted by Crippen LogP contribution is -2.23. The normalized spacial score (nSPS) is 15.5. The van der Waals surface area contributed by atoms with Gasteiger partial charge < -0.3 is 9.30 Å². The summed E-state index contributed by atoms with van der Waals surface area (Å²) in [6.07, 6.45) is -0.191. The topological polar surface area (TPSA) is 14.2 Å². The summed E-state index contributed by atoms with van der Waals surface area (Å²) < 4.78 is 8.71. The molecule has 2 nitrogen and oxygen atoms in total. The van der Waals surface area contributed by atoms with Crippen LogP contribution in [0.3, 0.4) is 0 Å². The predicted molar refractivity (Wildman–Crippen MR) is 106 cm³/mol. The Kier molecular flexibility index (Phi) is 3.19. The molecule has 0 amide bonds.